The van der Waals surface area contributed by atoms with Gasteiger partial charge in [0, 0.05) is 36.5 Å². The van der Waals surface area contributed by atoms with Crippen molar-refractivity contribution in [1.82, 2.24) is 9.97 Å². The van der Waals surface area contributed by atoms with Crippen LogP contribution in [0.2, 0.25) is 0 Å². The van der Waals surface area contributed by atoms with Crippen molar-refractivity contribution in [2.45, 2.75) is 0 Å². The van der Waals surface area contributed by atoms with E-state index in [0.717, 1.165) is 28.9 Å². The van der Waals surface area contributed by atoms with Crippen molar-refractivity contribution >= 4 is 33.7 Å². The molecule has 0 amide bonds. The number of hydrogen-bond acceptors (Lipinski definition) is 7. The third-order valence-electron chi connectivity index (χ3n) is 4.78. The van der Waals surface area contributed by atoms with Crippen LogP contribution in [-0.4, -0.2) is 35.5 Å². The zero-order valence-electron chi connectivity index (χ0n) is 19.1. The number of hydrogen-bond donors (Lipinski definition) is 1. The zero-order chi connectivity index (χ0) is 24.3. The number of ether oxygens (including phenoxy) is 1. The maximum atomic E-state index is 11.8. The fourth-order valence-electron chi connectivity index (χ4n) is 3.18. The van der Waals surface area contributed by atoms with Gasteiger partial charge in [-0.25, -0.2) is 0 Å². The van der Waals surface area contributed by atoms with Crippen LogP contribution in [0.4, 0.5) is 5.69 Å². The van der Waals surface area contributed by atoms with E-state index in [1.165, 1.54) is 19.4 Å². The van der Waals surface area contributed by atoms with E-state index in [1.807, 2.05) is 12.1 Å². The van der Waals surface area contributed by atoms with Gasteiger partial charge < -0.3 is 20.1 Å². The molecule has 181 valence electrons. The van der Waals surface area contributed by atoms with E-state index in [2.05, 4.69) is 39.2 Å². The Kier molecular flexibility index (Phi) is 10.7. The molecule has 2 heterocycles. The molecule has 0 aliphatic carbocycles. The molecule has 0 aliphatic heterocycles. The number of rotatable bonds is 3. The summed E-state index contributed by atoms with van der Waals surface area (Å²) in [6, 6.07) is 23.4. The molecule has 0 aliphatic rings. The number of aliphatic hydroxyl groups excluding tert-OH is 1. The third-order valence-corrected chi connectivity index (χ3v) is 4.78. The Balaban J connectivity index is 0.000000229. The minimum Gasteiger partial charge on any atom is -0.871 e. The van der Waals surface area contributed by atoms with Crippen molar-refractivity contribution in [2.24, 2.45) is 4.99 Å². The summed E-state index contributed by atoms with van der Waals surface area (Å²) in [4.78, 5) is 12.7. The van der Waals surface area contributed by atoms with Crippen LogP contribution in [0.1, 0.15) is 5.56 Å². The van der Waals surface area contributed by atoms with E-state index in [4.69, 9.17) is 9.84 Å². The van der Waals surface area contributed by atoms with E-state index in [9.17, 15) is 10.2 Å². The molecule has 5 aromatic rings. The number of para-hydroxylation sites is 3. The predicted molar refractivity (Wildman–Crippen MR) is 131 cm³/mol. The normalized spacial score (nSPS) is 10.0. The quantitative estimate of drug-likeness (QED) is 0.220. The minimum absolute atomic E-state index is 0. The first-order valence-electron chi connectivity index (χ1n) is 10.3. The van der Waals surface area contributed by atoms with Crippen molar-refractivity contribution in [3.05, 3.63) is 96.8 Å². The van der Waals surface area contributed by atoms with Gasteiger partial charge in [-0.05, 0) is 29.8 Å². The Morgan fingerprint density at radius 1 is 0.771 bits per heavy atom. The molecule has 2 aromatic heterocycles. The van der Waals surface area contributed by atoms with Crippen LogP contribution < -0.4 is 14.9 Å². The number of nitrogens with zero attached hydrogens (tertiary/aromatic N) is 3. The largest absolute Gasteiger partial charge is 2.00 e. The maximum Gasteiger partial charge on any atom is 2.00 e. The van der Waals surface area contributed by atoms with Gasteiger partial charge in [0.2, 0.25) is 0 Å². The number of aliphatic hydroxyl groups is 1. The average molecular weight is 517 g/mol. The molecule has 0 spiro atoms. The Hall–Kier alpha value is -3.97. The first-order valence-corrected chi connectivity index (χ1v) is 10.3. The Bertz CT molecular complexity index is 1360. The van der Waals surface area contributed by atoms with Gasteiger partial charge in [0.05, 0.1) is 23.8 Å². The molecule has 5 rings (SSSR count). The molecule has 0 saturated heterocycles. The zero-order valence-corrected chi connectivity index (χ0v) is 20.0. The summed E-state index contributed by atoms with van der Waals surface area (Å²) >= 11 is 0. The van der Waals surface area contributed by atoms with Crippen LogP contribution in [0.25, 0.3) is 21.8 Å². The SMILES string of the molecule is CO.COc1cccc(C=Nc2ccccc2[O-])c1[O-].[Cu+2].c1cnc2c(c1)ccc1cccnc12. The smallest absolute Gasteiger partial charge is 0.871 e. The van der Waals surface area contributed by atoms with E-state index < -0.39 is 0 Å². The summed E-state index contributed by atoms with van der Waals surface area (Å²) in [7, 11) is 2.44. The van der Waals surface area contributed by atoms with Gasteiger partial charge in [-0.1, -0.05) is 66.1 Å². The first-order chi connectivity index (χ1) is 16.7. The molecule has 8 heteroatoms. The minimum atomic E-state index is -0.243. The summed E-state index contributed by atoms with van der Waals surface area (Å²) in [6.07, 6.45) is 4.98. The van der Waals surface area contributed by atoms with Gasteiger partial charge in [0.15, 0.2) is 0 Å². The second kappa shape index (κ2) is 13.7. The van der Waals surface area contributed by atoms with E-state index in [-0.39, 0.29) is 34.3 Å². The molecular weight excluding hydrogens is 494 g/mol. The van der Waals surface area contributed by atoms with Gasteiger partial charge >= 0.3 is 17.1 Å². The summed E-state index contributed by atoms with van der Waals surface area (Å²) in [6.45, 7) is 0. The van der Waals surface area contributed by atoms with E-state index >= 15 is 0 Å². The average Bonchev–Trinajstić information content (AvgIpc) is 2.90. The third kappa shape index (κ3) is 6.77. The van der Waals surface area contributed by atoms with Crippen molar-refractivity contribution < 1.29 is 37.1 Å². The molecule has 0 fully saturated rings. The van der Waals surface area contributed by atoms with Gasteiger partial charge in [-0.3, -0.25) is 15.0 Å². The standard InChI is InChI=1S/C14H13NO3.C12H8N2.CH4O.Cu/c1-18-13-8-4-5-10(14(13)17)9-15-11-6-2-3-7-12(11)16;1-3-9-5-6-10-4-2-8-14-12(10)11(9)13-7-1;1-2;/h2-9,16-17H,1H3;1-8H;2H,1H3;/q;;;+2/p-2. The fourth-order valence-corrected chi connectivity index (χ4v) is 3.18. The summed E-state index contributed by atoms with van der Waals surface area (Å²) < 4.78 is 4.93. The first kappa shape index (κ1) is 27.3. The molecule has 1 N–H and O–H groups in total. The molecule has 7 nitrogen and oxygen atoms in total. The topological polar surface area (TPSA) is 114 Å². The Labute approximate surface area is 213 Å². The second-order valence-electron chi connectivity index (χ2n) is 6.82. The van der Waals surface area contributed by atoms with Crippen LogP contribution in [0.15, 0.2) is 96.2 Å². The van der Waals surface area contributed by atoms with Crippen molar-refractivity contribution in [3.8, 4) is 17.2 Å². The van der Waals surface area contributed by atoms with Gasteiger partial charge in [0.1, 0.15) is 5.75 Å². The number of aromatic nitrogens is 2. The number of benzene rings is 3. The number of methoxy groups -OCH3 is 1. The number of pyridine rings is 2. The van der Waals surface area contributed by atoms with Crippen molar-refractivity contribution in [1.29, 1.82) is 0 Å². The fraction of sp³-hybridized carbons (Fsp3) is 0.0741. The van der Waals surface area contributed by atoms with Gasteiger partial charge in [0.25, 0.3) is 0 Å². The molecule has 0 atom stereocenters. The Morgan fingerprint density at radius 2 is 1.37 bits per heavy atom. The van der Waals surface area contributed by atoms with E-state index in [0.29, 0.717) is 11.3 Å². The van der Waals surface area contributed by atoms with Crippen LogP contribution in [-0.2, 0) is 17.1 Å². The van der Waals surface area contributed by atoms with Gasteiger partial charge in [-0.15, -0.1) is 0 Å². The summed E-state index contributed by atoms with van der Waals surface area (Å²) in [5, 5.41) is 32.5. The van der Waals surface area contributed by atoms with Crippen LogP contribution in [0.5, 0.6) is 17.2 Å². The monoisotopic (exact) mass is 516 g/mol. The number of aliphatic imine (C=N–C) groups is 1. The molecule has 1 radical (unpaired) electrons. The molecule has 3 aromatic carbocycles. The molecule has 0 saturated carbocycles. The maximum absolute atomic E-state index is 11.8. The van der Waals surface area contributed by atoms with Crippen molar-refractivity contribution in [3.63, 3.8) is 0 Å². The van der Waals surface area contributed by atoms with E-state index in [1.54, 1.807) is 48.8 Å². The second-order valence-corrected chi connectivity index (χ2v) is 6.82. The van der Waals surface area contributed by atoms with Crippen LogP contribution in [0, 0.1) is 0 Å². The van der Waals surface area contributed by atoms with Crippen LogP contribution >= 0.6 is 0 Å². The summed E-state index contributed by atoms with van der Waals surface area (Å²) in [5.74, 6) is -0.161. The molecule has 35 heavy (non-hydrogen) atoms. The molecule has 0 bridgehead atoms. The molecule has 0 unspecified atom stereocenters. The Morgan fingerprint density at radius 3 is 1.94 bits per heavy atom. The van der Waals surface area contributed by atoms with Crippen molar-refractivity contribution in [2.75, 3.05) is 14.2 Å². The summed E-state index contributed by atoms with van der Waals surface area (Å²) in [5.41, 5.74) is 2.65. The van der Waals surface area contributed by atoms with Gasteiger partial charge in [-0.2, -0.15) is 0 Å². The number of fused-ring (bicyclic) bond motifs is 3. The van der Waals surface area contributed by atoms with Crippen LogP contribution in [0.3, 0.4) is 0 Å². The predicted octanol–water partition coefficient (Wildman–Crippen LogP) is 3.98. The molecular formula is C27H23CuN3O4.